The van der Waals surface area contributed by atoms with Crippen molar-refractivity contribution in [2.75, 3.05) is 20.1 Å². The van der Waals surface area contributed by atoms with Gasteiger partial charge < -0.3 is 14.7 Å². The van der Waals surface area contributed by atoms with Crippen molar-refractivity contribution in [2.24, 2.45) is 0 Å². The van der Waals surface area contributed by atoms with Gasteiger partial charge in [0.2, 0.25) is 0 Å². The summed E-state index contributed by atoms with van der Waals surface area (Å²) in [6.07, 6.45) is 0.839. The molecule has 0 aliphatic carbocycles. The molecule has 1 aromatic rings. The quantitative estimate of drug-likeness (QED) is 0.653. The summed E-state index contributed by atoms with van der Waals surface area (Å²) in [5.41, 5.74) is -0.780. The van der Waals surface area contributed by atoms with E-state index >= 15 is 0 Å². The van der Waals surface area contributed by atoms with Gasteiger partial charge in [0.15, 0.2) is 0 Å². The third-order valence-electron chi connectivity index (χ3n) is 3.05. The standard InChI is InChI=1S/C12H14N2O5/c1-13-5-4-9(7-13)19-8-2-3-10(12(15)16)11(6-8)14(17)18/h2-3,6,9H,4-5,7H2,1H3,(H,15,16)/t9-/m0/s1. The number of carboxylic acid groups (broad SMARTS) is 1. The Morgan fingerprint density at radius 1 is 1.58 bits per heavy atom. The zero-order valence-electron chi connectivity index (χ0n) is 10.4. The van der Waals surface area contributed by atoms with E-state index in [0.717, 1.165) is 19.5 Å². The zero-order chi connectivity index (χ0) is 14.0. The Morgan fingerprint density at radius 3 is 2.84 bits per heavy atom. The largest absolute Gasteiger partial charge is 0.489 e. The minimum Gasteiger partial charge on any atom is -0.489 e. The molecule has 0 unspecified atom stereocenters. The number of nitrogens with zero attached hydrogens (tertiary/aromatic N) is 2. The Hall–Kier alpha value is -2.15. The van der Waals surface area contributed by atoms with Crippen LogP contribution in [-0.4, -0.2) is 47.1 Å². The summed E-state index contributed by atoms with van der Waals surface area (Å²) in [6.45, 7) is 1.68. The molecule has 0 spiro atoms. The van der Waals surface area contributed by atoms with Crippen molar-refractivity contribution in [1.29, 1.82) is 0 Å². The number of hydrogen-bond donors (Lipinski definition) is 1. The van der Waals surface area contributed by atoms with Gasteiger partial charge in [0, 0.05) is 13.1 Å². The van der Waals surface area contributed by atoms with Crippen LogP contribution in [0.4, 0.5) is 5.69 Å². The number of nitro groups is 1. The second-order valence-corrected chi connectivity index (χ2v) is 4.53. The van der Waals surface area contributed by atoms with Crippen molar-refractivity contribution in [2.45, 2.75) is 12.5 Å². The van der Waals surface area contributed by atoms with Gasteiger partial charge in [0.1, 0.15) is 17.4 Å². The highest BCUT2D eigenvalue weighted by Crippen LogP contribution is 2.26. The van der Waals surface area contributed by atoms with Crippen LogP contribution in [0.25, 0.3) is 0 Å². The third kappa shape index (κ3) is 3.00. The van der Waals surface area contributed by atoms with Crippen molar-refractivity contribution >= 4 is 11.7 Å². The molecule has 102 valence electrons. The molecule has 19 heavy (non-hydrogen) atoms. The van der Waals surface area contributed by atoms with Gasteiger partial charge in [-0.15, -0.1) is 0 Å². The lowest BCUT2D eigenvalue weighted by atomic mass is 10.1. The van der Waals surface area contributed by atoms with Crippen LogP contribution in [0.5, 0.6) is 5.75 Å². The predicted molar refractivity (Wildman–Crippen MR) is 66.6 cm³/mol. The minimum absolute atomic E-state index is 0.0136. The van der Waals surface area contributed by atoms with Crippen LogP contribution in [0, 0.1) is 10.1 Å². The molecule has 1 fully saturated rings. The summed E-state index contributed by atoms with van der Waals surface area (Å²) in [5, 5.41) is 19.7. The maximum atomic E-state index is 10.9. The highest BCUT2D eigenvalue weighted by atomic mass is 16.6. The highest BCUT2D eigenvalue weighted by molar-refractivity contribution is 5.92. The molecule has 0 radical (unpaired) electrons. The molecule has 0 saturated carbocycles. The van der Waals surface area contributed by atoms with E-state index in [0.29, 0.717) is 5.75 Å². The summed E-state index contributed by atoms with van der Waals surface area (Å²) in [7, 11) is 1.97. The SMILES string of the molecule is CN1CC[C@H](Oc2ccc(C(=O)O)c([N+](=O)[O-])c2)C1. The number of hydrogen-bond acceptors (Lipinski definition) is 5. The van der Waals surface area contributed by atoms with Gasteiger partial charge in [0.25, 0.3) is 5.69 Å². The van der Waals surface area contributed by atoms with Crippen LogP contribution in [0.2, 0.25) is 0 Å². The van der Waals surface area contributed by atoms with E-state index in [1.165, 1.54) is 18.2 Å². The van der Waals surface area contributed by atoms with Gasteiger partial charge >= 0.3 is 5.97 Å². The van der Waals surface area contributed by atoms with Crippen LogP contribution in [-0.2, 0) is 0 Å². The number of likely N-dealkylation sites (tertiary alicyclic amines) is 1. The van der Waals surface area contributed by atoms with Gasteiger partial charge in [-0.05, 0) is 25.6 Å². The van der Waals surface area contributed by atoms with E-state index in [-0.39, 0.29) is 11.7 Å². The molecule has 1 saturated heterocycles. The minimum atomic E-state index is -1.32. The second kappa shape index (κ2) is 5.23. The average Bonchev–Trinajstić information content (AvgIpc) is 2.74. The average molecular weight is 266 g/mol. The van der Waals surface area contributed by atoms with E-state index in [1.54, 1.807) is 0 Å². The van der Waals surface area contributed by atoms with Gasteiger partial charge in [-0.3, -0.25) is 10.1 Å². The van der Waals surface area contributed by atoms with Crippen molar-refractivity contribution in [1.82, 2.24) is 4.90 Å². The molecule has 1 heterocycles. The van der Waals surface area contributed by atoms with Gasteiger partial charge in [-0.25, -0.2) is 4.79 Å². The van der Waals surface area contributed by atoms with Crippen molar-refractivity contribution in [3.63, 3.8) is 0 Å². The summed E-state index contributed by atoms with van der Waals surface area (Å²) in [6, 6.07) is 3.82. The smallest absolute Gasteiger partial charge is 0.342 e. The topological polar surface area (TPSA) is 92.9 Å². The number of carboxylic acids is 1. The number of benzene rings is 1. The zero-order valence-corrected chi connectivity index (χ0v) is 10.4. The fourth-order valence-electron chi connectivity index (χ4n) is 2.10. The third-order valence-corrected chi connectivity index (χ3v) is 3.05. The van der Waals surface area contributed by atoms with Crippen LogP contribution in [0.3, 0.4) is 0 Å². The maximum absolute atomic E-state index is 10.9. The molecule has 0 bridgehead atoms. The molecule has 1 atom stereocenters. The summed E-state index contributed by atoms with van der Waals surface area (Å²) >= 11 is 0. The number of likely N-dealkylation sites (N-methyl/N-ethyl adjacent to an activating group) is 1. The van der Waals surface area contributed by atoms with Gasteiger partial charge in [0.05, 0.1) is 11.0 Å². The number of carbonyl (C=O) groups is 1. The molecule has 1 aliphatic rings. The Labute approximate surface area is 109 Å². The van der Waals surface area contributed by atoms with Crippen LogP contribution in [0.15, 0.2) is 18.2 Å². The maximum Gasteiger partial charge on any atom is 0.342 e. The molecule has 1 aliphatic heterocycles. The van der Waals surface area contributed by atoms with E-state index in [9.17, 15) is 14.9 Å². The number of aromatic carboxylic acids is 1. The van der Waals surface area contributed by atoms with Crippen molar-refractivity contribution in [3.05, 3.63) is 33.9 Å². The van der Waals surface area contributed by atoms with Crippen LogP contribution < -0.4 is 4.74 Å². The Balaban J connectivity index is 2.21. The Bertz CT molecular complexity index is 517. The first-order valence-corrected chi connectivity index (χ1v) is 5.84. The molecule has 0 aromatic heterocycles. The number of nitro benzene ring substituents is 1. The fraction of sp³-hybridized carbons (Fsp3) is 0.417. The predicted octanol–water partition coefficient (Wildman–Crippen LogP) is 1.38. The second-order valence-electron chi connectivity index (χ2n) is 4.53. The van der Waals surface area contributed by atoms with Crippen LogP contribution in [0.1, 0.15) is 16.8 Å². The van der Waals surface area contributed by atoms with Crippen molar-refractivity contribution in [3.8, 4) is 5.75 Å². The van der Waals surface area contributed by atoms with E-state index in [2.05, 4.69) is 4.90 Å². The van der Waals surface area contributed by atoms with Gasteiger partial charge in [-0.2, -0.15) is 0 Å². The first-order chi connectivity index (χ1) is 8.97. The highest BCUT2D eigenvalue weighted by Gasteiger charge is 2.24. The lowest BCUT2D eigenvalue weighted by Crippen LogP contribution is -2.21. The van der Waals surface area contributed by atoms with E-state index in [1.807, 2.05) is 7.05 Å². The molecule has 1 aromatic carbocycles. The molecular weight excluding hydrogens is 252 g/mol. The summed E-state index contributed by atoms with van der Waals surface area (Å²) < 4.78 is 5.63. The normalized spacial score (nSPS) is 19.3. The summed E-state index contributed by atoms with van der Waals surface area (Å²) in [5.74, 6) is -0.990. The Kier molecular flexibility index (Phi) is 3.66. The molecule has 2 rings (SSSR count). The molecule has 1 N–H and O–H groups in total. The van der Waals surface area contributed by atoms with Gasteiger partial charge in [-0.1, -0.05) is 0 Å². The fourth-order valence-corrected chi connectivity index (χ4v) is 2.10. The monoisotopic (exact) mass is 266 g/mol. The van der Waals surface area contributed by atoms with Crippen molar-refractivity contribution < 1.29 is 19.6 Å². The molecule has 7 nitrogen and oxygen atoms in total. The molecule has 7 heteroatoms. The first-order valence-electron chi connectivity index (χ1n) is 5.84. The number of rotatable bonds is 4. The van der Waals surface area contributed by atoms with E-state index < -0.39 is 16.6 Å². The first kappa shape index (κ1) is 13.3. The molecule has 0 amide bonds. The van der Waals surface area contributed by atoms with E-state index in [4.69, 9.17) is 9.84 Å². The lowest BCUT2D eigenvalue weighted by molar-refractivity contribution is -0.385. The lowest BCUT2D eigenvalue weighted by Gasteiger charge is -2.13. The summed E-state index contributed by atoms with van der Waals surface area (Å²) in [4.78, 5) is 23.1. The Morgan fingerprint density at radius 2 is 2.32 bits per heavy atom. The molecular formula is C12H14N2O5. The van der Waals surface area contributed by atoms with Crippen LogP contribution >= 0.6 is 0 Å². The number of ether oxygens (including phenoxy) is 1.